The van der Waals surface area contributed by atoms with E-state index in [0.29, 0.717) is 13.2 Å². The Kier molecular flexibility index (Phi) is 8.11. The molecule has 0 aromatic carbocycles. The van der Waals surface area contributed by atoms with Crippen LogP contribution in [-0.4, -0.2) is 49.6 Å². The molecule has 0 aromatic heterocycles. The minimum absolute atomic E-state index is 0.0908. The second-order valence-electron chi connectivity index (χ2n) is 5.63. The molecule has 5 nitrogen and oxygen atoms in total. The third-order valence-corrected chi connectivity index (χ3v) is 3.86. The molecule has 20 heavy (non-hydrogen) atoms. The Morgan fingerprint density at radius 2 is 2.05 bits per heavy atom. The number of aliphatic hydroxyl groups is 1. The van der Waals surface area contributed by atoms with Gasteiger partial charge >= 0.3 is 0 Å². The van der Waals surface area contributed by atoms with Gasteiger partial charge in [-0.25, -0.2) is 0 Å². The number of aliphatic hydroxyl groups excluding tert-OH is 1. The zero-order chi connectivity index (χ0) is 15.0. The summed E-state index contributed by atoms with van der Waals surface area (Å²) >= 11 is 0. The smallest absolute Gasteiger partial charge is 0.251 e. The molecule has 0 bridgehead atoms. The summed E-state index contributed by atoms with van der Waals surface area (Å²) in [5.41, 5.74) is 0. The van der Waals surface area contributed by atoms with Crippen molar-refractivity contribution < 1.29 is 19.4 Å². The lowest BCUT2D eigenvalue weighted by Crippen LogP contribution is -2.56. The van der Waals surface area contributed by atoms with Crippen molar-refractivity contribution in [3.8, 4) is 0 Å². The van der Waals surface area contributed by atoms with E-state index >= 15 is 0 Å². The number of unbranched alkanes of at least 4 members (excludes halogenated alkanes) is 4. The van der Waals surface area contributed by atoms with E-state index in [1.807, 2.05) is 6.92 Å². The van der Waals surface area contributed by atoms with Crippen LogP contribution in [0.3, 0.4) is 0 Å². The first kappa shape index (κ1) is 17.4. The van der Waals surface area contributed by atoms with E-state index in [4.69, 9.17) is 9.47 Å². The Balaban J connectivity index is 2.28. The number of hydrogen-bond acceptors (Lipinski definition) is 4. The molecule has 1 saturated heterocycles. The van der Waals surface area contributed by atoms with E-state index in [1.165, 1.54) is 19.3 Å². The third-order valence-electron chi connectivity index (χ3n) is 3.86. The first-order chi connectivity index (χ1) is 9.61. The summed E-state index contributed by atoms with van der Waals surface area (Å²) in [5.74, 6) is -0.143. The molecular formula is C15H29NO4. The van der Waals surface area contributed by atoms with E-state index in [1.54, 1.807) is 7.11 Å². The van der Waals surface area contributed by atoms with Gasteiger partial charge in [0.25, 0.3) is 5.91 Å². The van der Waals surface area contributed by atoms with Crippen molar-refractivity contribution in [3.63, 3.8) is 0 Å². The highest BCUT2D eigenvalue weighted by Gasteiger charge is 2.41. The fourth-order valence-electron chi connectivity index (χ4n) is 2.60. The first-order valence-electron chi connectivity index (χ1n) is 7.72. The maximum absolute atomic E-state index is 12.0. The van der Waals surface area contributed by atoms with Crippen LogP contribution in [0.25, 0.3) is 0 Å². The van der Waals surface area contributed by atoms with Gasteiger partial charge < -0.3 is 19.9 Å². The number of nitrogens with one attached hydrogen (secondary N) is 1. The molecule has 1 amide bonds. The van der Waals surface area contributed by atoms with Gasteiger partial charge in [-0.15, -0.1) is 0 Å². The molecule has 1 aliphatic rings. The molecule has 118 valence electrons. The molecule has 4 atom stereocenters. The van der Waals surface area contributed by atoms with Crippen molar-refractivity contribution in [1.29, 1.82) is 0 Å². The fraction of sp³-hybridized carbons (Fsp3) is 0.933. The normalized spacial score (nSPS) is 30.2. The molecule has 1 aliphatic heterocycles. The third kappa shape index (κ3) is 5.04. The number of carbonyl (C=O) groups excluding carboxylic acids is 1. The molecule has 0 aromatic rings. The van der Waals surface area contributed by atoms with E-state index in [0.717, 1.165) is 12.8 Å². The number of hydrogen-bond donors (Lipinski definition) is 2. The maximum Gasteiger partial charge on any atom is 0.251 e. The largest absolute Gasteiger partial charge is 0.387 e. The van der Waals surface area contributed by atoms with E-state index < -0.39 is 12.2 Å². The predicted molar refractivity (Wildman–Crippen MR) is 77.5 cm³/mol. The van der Waals surface area contributed by atoms with E-state index in [9.17, 15) is 9.90 Å². The molecule has 1 fully saturated rings. The minimum atomic E-state index is -0.899. The van der Waals surface area contributed by atoms with Gasteiger partial charge in [-0.2, -0.15) is 0 Å². The monoisotopic (exact) mass is 287 g/mol. The average molecular weight is 287 g/mol. The lowest BCUT2D eigenvalue weighted by atomic mass is 9.93. The topological polar surface area (TPSA) is 67.8 Å². The Morgan fingerprint density at radius 3 is 2.70 bits per heavy atom. The summed E-state index contributed by atoms with van der Waals surface area (Å²) in [6, 6.07) is 0. The van der Waals surface area contributed by atoms with Gasteiger partial charge in [-0.05, 0) is 6.42 Å². The summed E-state index contributed by atoms with van der Waals surface area (Å²) in [7, 11) is 1.55. The second kappa shape index (κ2) is 9.32. The van der Waals surface area contributed by atoms with Gasteiger partial charge in [0.05, 0.1) is 12.7 Å². The lowest BCUT2D eigenvalue weighted by Gasteiger charge is -2.37. The Hall–Kier alpha value is -0.650. The van der Waals surface area contributed by atoms with Crippen LogP contribution in [-0.2, 0) is 14.3 Å². The highest BCUT2D eigenvalue weighted by molar-refractivity contribution is 5.81. The van der Waals surface area contributed by atoms with Crippen LogP contribution in [0.15, 0.2) is 0 Å². The van der Waals surface area contributed by atoms with Crippen molar-refractivity contribution in [1.82, 2.24) is 5.32 Å². The van der Waals surface area contributed by atoms with Crippen LogP contribution in [0.1, 0.15) is 46.0 Å². The standard InChI is InChI=1S/C15H29NO4/c1-4-5-6-7-8-9-16-15(18)14-12(17)13(19-3)11(2)10-20-14/h11-14,17H,4-10H2,1-3H3,(H,16,18)/t11-,12+,13-,14-/m0/s1. The average Bonchev–Trinajstić information content (AvgIpc) is 2.43. The van der Waals surface area contributed by atoms with E-state index in [2.05, 4.69) is 12.2 Å². The summed E-state index contributed by atoms with van der Waals surface area (Å²) < 4.78 is 10.7. The molecule has 1 heterocycles. The van der Waals surface area contributed by atoms with Crippen LogP contribution in [0.5, 0.6) is 0 Å². The molecule has 1 rings (SSSR count). The number of amides is 1. The van der Waals surface area contributed by atoms with Gasteiger partial charge in [0.1, 0.15) is 6.10 Å². The van der Waals surface area contributed by atoms with E-state index in [-0.39, 0.29) is 17.9 Å². The number of rotatable bonds is 8. The quantitative estimate of drug-likeness (QED) is 0.664. The Bertz CT molecular complexity index is 285. The van der Waals surface area contributed by atoms with Gasteiger partial charge in [0.2, 0.25) is 0 Å². The molecule has 0 radical (unpaired) electrons. The number of methoxy groups -OCH3 is 1. The fourth-order valence-corrected chi connectivity index (χ4v) is 2.60. The van der Waals surface area contributed by atoms with Crippen molar-refractivity contribution in [2.45, 2.75) is 64.3 Å². The lowest BCUT2D eigenvalue weighted by molar-refractivity contribution is -0.180. The SMILES string of the molecule is CCCCCCCNC(=O)[C@H]1OC[C@H](C)[C@H](OC)[C@H]1O. The maximum atomic E-state index is 12.0. The van der Waals surface area contributed by atoms with Crippen molar-refractivity contribution in [2.24, 2.45) is 5.92 Å². The van der Waals surface area contributed by atoms with Crippen LogP contribution >= 0.6 is 0 Å². The second-order valence-corrected chi connectivity index (χ2v) is 5.63. The molecule has 0 spiro atoms. The van der Waals surface area contributed by atoms with Crippen LogP contribution in [0, 0.1) is 5.92 Å². The zero-order valence-corrected chi connectivity index (χ0v) is 12.9. The highest BCUT2D eigenvalue weighted by Crippen LogP contribution is 2.22. The van der Waals surface area contributed by atoms with Gasteiger partial charge in [0.15, 0.2) is 6.10 Å². The van der Waals surface area contributed by atoms with Crippen LogP contribution < -0.4 is 5.32 Å². The molecular weight excluding hydrogens is 258 g/mol. The molecule has 0 saturated carbocycles. The van der Waals surface area contributed by atoms with Crippen LogP contribution in [0.2, 0.25) is 0 Å². The number of ether oxygens (including phenoxy) is 2. The predicted octanol–water partition coefficient (Wildman–Crippen LogP) is 1.48. The van der Waals surface area contributed by atoms with Gasteiger partial charge in [-0.3, -0.25) is 4.79 Å². The highest BCUT2D eigenvalue weighted by atomic mass is 16.5. The molecule has 0 unspecified atom stereocenters. The Morgan fingerprint density at radius 1 is 1.35 bits per heavy atom. The summed E-state index contributed by atoms with van der Waals surface area (Å²) in [6.07, 6.45) is 3.70. The molecule has 0 aliphatic carbocycles. The van der Waals surface area contributed by atoms with Crippen molar-refractivity contribution in [2.75, 3.05) is 20.3 Å². The Labute approximate surface area is 122 Å². The first-order valence-corrected chi connectivity index (χ1v) is 7.72. The van der Waals surface area contributed by atoms with Gasteiger partial charge in [0, 0.05) is 19.6 Å². The molecule has 5 heteroatoms. The van der Waals surface area contributed by atoms with Crippen molar-refractivity contribution in [3.05, 3.63) is 0 Å². The summed E-state index contributed by atoms with van der Waals surface area (Å²) in [5, 5.41) is 13.0. The summed E-state index contributed by atoms with van der Waals surface area (Å²) in [6.45, 7) is 5.20. The summed E-state index contributed by atoms with van der Waals surface area (Å²) in [4.78, 5) is 12.0. The zero-order valence-electron chi connectivity index (χ0n) is 12.9. The van der Waals surface area contributed by atoms with Crippen LogP contribution in [0.4, 0.5) is 0 Å². The minimum Gasteiger partial charge on any atom is -0.387 e. The van der Waals surface area contributed by atoms with Gasteiger partial charge in [-0.1, -0.05) is 39.5 Å². The van der Waals surface area contributed by atoms with Crippen molar-refractivity contribution >= 4 is 5.91 Å². The number of carbonyl (C=O) groups is 1. The molecule has 2 N–H and O–H groups in total.